The summed E-state index contributed by atoms with van der Waals surface area (Å²) in [5.41, 5.74) is 6.55. The standard InChI is InChI=1S/C15H21N3O2/c16-9-13(12-6-7-12)18-15(20)10-17-14(19)8-11-4-2-1-3-5-11/h1-5,12-13H,6-10,16H2,(H,17,19)(H,18,20). The van der Waals surface area contributed by atoms with Crippen LogP contribution in [-0.4, -0.2) is 30.9 Å². The van der Waals surface area contributed by atoms with Crippen LogP contribution in [0.2, 0.25) is 0 Å². The minimum atomic E-state index is -0.172. The topological polar surface area (TPSA) is 84.2 Å². The summed E-state index contributed by atoms with van der Waals surface area (Å²) in [4.78, 5) is 23.4. The van der Waals surface area contributed by atoms with Crippen LogP contribution in [0.1, 0.15) is 18.4 Å². The van der Waals surface area contributed by atoms with Crippen LogP contribution < -0.4 is 16.4 Å². The predicted octanol–water partition coefficient (Wildman–Crippen LogP) is 0.199. The fourth-order valence-electron chi connectivity index (χ4n) is 2.15. The third kappa shape index (κ3) is 4.66. The highest BCUT2D eigenvalue weighted by Crippen LogP contribution is 2.32. The van der Waals surface area contributed by atoms with Crippen molar-refractivity contribution in [1.29, 1.82) is 0 Å². The monoisotopic (exact) mass is 275 g/mol. The van der Waals surface area contributed by atoms with E-state index in [2.05, 4.69) is 10.6 Å². The molecular weight excluding hydrogens is 254 g/mol. The van der Waals surface area contributed by atoms with Crippen LogP contribution in [0.25, 0.3) is 0 Å². The van der Waals surface area contributed by atoms with Gasteiger partial charge in [0, 0.05) is 12.6 Å². The summed E-state index contributed by atoms with van der Waals surface area (Å²) in [5.74, 6) is 0.194. The summed E-state index contributed by atoms with van der Waals surface area (Å²) >= 11 is 0. The molecule has 5 nitrogen and oxygen atoms in total. The number of amides is 2. The number of nitrogens with two attached hydrogens (primary N) is 1. The van der Waals surface area contributed by atoms with Crippen molar-refractivity contribution >= 4 is 11.8 Å². The molecule has 0 bridgehead atoms. The van der Waals surface area contributed by atoms with E-state index in [0.717, 1.165) is 18.4 Å². The zero-order chi connectivity index (χ0) is 14.4. The lowest BCUT2D eigenvalue weighted by atomic mass is 10.1. The smallest absolute Gasteiger partial charge is 0.239 e. The van der Waals surface area contributed by atoms with Crippen molar-refractivity contribution in [2.24, 2.45) is 11.7 Å². The number of carbonyl (C=O) groups excluding carboxylic acids is 2. The normalized spacial score (nSPS) is 15.4. The molecule has 5 heteroatoms. The highest BCUT2D eigenvalue weighted by molar-refractivity contribution is 5.85. The van der Waals surface area contributed by atoms with Crippen LogP contribution in [0.5, 0.6) is 0 Å². The number of nitrogens with one attached hydrogen (secondary N) is 2. The van der Waals surface area contributed by atoms with E-state index in [1.54, 1.807) is 0 Å². The Bertz CT molecular complexity index is 457. The molecule has 0 aromatic heterocycles. The Balaban J connectivity index is 1.68. The van der Waals surface area contributed by atoms with E-state index in [1.807, 2.05) is 30.3 Å². The SMILES string of the molecule is NCC(NC(=O)CNC(=O)Cc1ccccc1)C1CC1. The van der Waals surface area contributed by atoms with Crippen molar-refractivity contribution in [2.45, 2.75) is 25.3 Å². The maximum atomic E-state index is 11.7. The minimum Gasteiger partial charge on any atom is -0.350 e. The quantitative estimate of drug-likeness (QED) is 0.664. The first-order valence-electron chi connectivity index (χ1n) is 6.99. The molecule has 1 atom stereocenters. The molecule has 1 aliphatic carbocycles. The zero-order valence-corrected chi connectivity index (χ0v) is 11.5. The first-order chi connectivity index (χ1) is 9.69. The van der Waals surface area contributed by atoms with Gasteiger partial charge in [-0.3, -0.25) is 9.59 Å². The summed E-state index contributed by atoms with van der Waals surface area (Å²) in [6.45, 7) is 0.462. The molecule has 0 aliphatic heterocycles. The van der Waals surface area contributed by atoms with Gasteiger partial charge in [-0.15, -0.1) is 0 Å². The number of rotatable bonds is 7. The van der Waals surface area contributed by atoms with Crippen LogP contribution in [-0.2, 0) is 16.0 Å². The van der Waals surface area contributed by atoms with Gasteiger partial charge in [-0.2, -0.15) is 0 Å². The van der Waals surface area contributed by atoms with E-state index in [0.29, 0.717) is 12.5 Å². The van der Waals surface area contributed by atoms with Gasteiger partial charge in [0.25, 0.3) is 0 Å². The van der Waals surface area contributed by atoms with Crippen molar-refractivity contribution in [2.75, 3.05) is 13.1 Å². The van der Waals surface area contributed by atoms with E-state index in [-0.39, 0.29) is 30.8 Å². The second kappa shape index (κ2) is 7.05. The molecule has 1 aromatic rings. The summed E-state index contributed by atoms with van der Waals surface area (Å²) in [6, 6.07) is 9.50. The largest absolute Gasteiger partial charge is 0.350 e. The maximum absolute atomic E-state index is 11.7. The fraction of sp³-hybridized carbons (Fsp3) is 0.467. The van der Waals surface area contributed by atoms with Crippen LogP contribution in [0.15, 0.2) is 30.3 Å². The van der Waals surface area contributed by atoms with Gasteiger partial charge in [-0.1, -0.05) is 30.3 Å². The molecule has 4 N–H and O–H groups in total. The molecule has 108 valence electrons. The van der Waals surface area contributed by atoms with E-state index in [4.69, 9.17) is 5.73 Å². The Kier molecular flexibility index (Phi) is 5.12. The number of benzene rings is 1. The van der Waals surface area contributed by atoms with Gasteiger partial charge in [0.1, 0.15) is 0 Å². The lowest BCUT2D eigenvalue weighted by molar-refractivity contribution is -0.126. The molecule has 2 rings (SSSR count). The molecule has 20 heavy (non-hydrogen) atoms. The molecule has 0 spiro atoms. The van der Waals surface area contributed by atoms with Crippen LogP contribution in [0.4, 0.5) is 0 Å². The molecule has 1 unspecified atom stereocenters. The Morgan fingerprint density at radius 2 is 1.90 bits per heavy atom. The van der Waals surface area contributed by atoms with Gasteiger partial charge in [-0.25, -0.2) is 0 Å². The third-order valence-corrected chi connectivity index (χ3v) is 3.44. The molecule has 0 heterocycles. The van der Waals surface area contributed by atoms with Crippen molar-refractivity contribution in [3.63, 3.8) is 0 Å². The van der Waals surface area contributed by atoms with Crippen LogP contribution in [0, 0.1) is 5.92 Å². The molecule has 0 saturated heterocycles. The highest BCUT2D eigenvalue weighted by Gasteiger charge is 2.31. The Labute approximate surface area is 118 Å². The van der Waals surface area contributed by atoms with E-state index in [1.165, 1.54) is 0 Å². The number of hydrogen-bond donors (Lipinski definition) is 3. The maximum Gasteiger partial charge on any atom is 0.239 e. The van der Waals surface area contributed by atoms with E-state index < -0.39 is 0 Å². The van der Waals surface area contributed by atoms with Gasteiger partial charge in [0.05, 0.1) is 13.0 Å². The summed E-state index contributed by atoms with van der Waals surface area (Å²) in [7, 11) is 0. The van der Waals surface area contributed by atoms with E-state index in [9.17, 15) is 9.59 Å². The number of hydrogen-bond acceptors (Lipinski definition) is 3. The van der Waals surface area contributed by atoms with Gasteiger partial charge in [0.2, 0.25) is 11.8 Å². The molecule has 2 amide bonds. The average Bonchev–Trinajstić information content (AvgIpc) is 3.28. The second-order valence-corrected chi connectivity index (χ2v) is 5.19. The first kappa shape index (κ1) is 14.5. The average molecular weight is 275 g/mol. The molecule has 1 aromatic carbocycles. The van der Waals surface area contributed by atoms with Gasteiger partial charge in [-0.05, 0) is 24.3 Å². The molecule has 1 aliphatic rings. The summed E-state index contributed by atoms with van der Waals surface area (Å²) in [6.07, 6.45) is 2.54. The van der Waals surface area contributed by atoms with Gasteiger partial charge < -0.3 is 16.4 Å². The van der Waals surface area contributed by atoms with Crippen LogP contribution >= 0.6 is 0 Å². The summed E-state index contributed by atoms with van der Waals surface area (Å²) < 4.78 is 0. The minimum absolute atomic E-state index is 0.00882. The lowest BCUT2D eigenvalue weighted by Crippen LogP contribution is -2.46. The van der Waals surface area contributed by atoms with Crippen molar-refractivity contribution in [3.8, 4) is 0 Å². The lowest BCUT2D eigenvalue weighted by Gasteiger charge is -2.16. The Hall–Kier alpha value is -1.88. The van der Waals surface area contributed by atoms with Crippen LogP contribution in [0.3, 0.4) is 0 Å². The Morgan fingerprint density at radius 1 is 1.20 bits per heavy atom. The third-order valence-electron chi connectivity index (χ3n) is 3.44. The second-order valence-electron chi connectivity index (χ2n) is 5.19. The molecule has 0 radical (unpaired) electrons. The van der Waals surface area contributed by atoms with Crippen molar-refractivity contribution in [1.82, 2.24) is 10.6 Å². The highest BCUT2D eigenvalue weighted by atomic mass is 16.2. The molecular formula is C15H21N3O2. The number of carbonyl (C=O) groups is 2. The Morgan fingerprint density at radius 3 is 2.50 bits per heavy atom. The van der Waals surface area contributed by atoms with Gasteiger partial charge >= 0.3 is 0 Å². The molecule has 1 fully saturated rings. The van der Waals surface area contributed by atoms with Gasteiger partial charge in [0.15, 0.2) is 0 Å². The summed E-state index contributed by atoms with van der Waals surface area (Å²) in [5, 5.41) is 5.50. The first-order valence-corrected chi connectivity index (χ1v) is 6.99. The van der Waals surface area contributed by atoms with E-state index >= 15 is 0 Å². The fourth-order valence-corrected chi connectivity index (χ4v) is 2.15. The van der Waals surface area contributed by atoms with Crippen molar-refractivity contribution < 1.29 is 9.59 Å². The van der Waals surface area contributed by atoms with Crippen molar-refractivity contribution in [3.05, 3.63) is 35.9 Å². The molecule has 1 saturated carbocycles. The predicted molar refractivity (Wildman–Crippen MR) is 76.9 cm³/mol. The zero-order valence-electron chi connectivity index (χ0n) is 11.5.